The molecule has 2 rings (SSSR count). The maximum absolute atomic E-state index is 12.6. The second-order valence-corrected chi connectivity index (χ2v) is 7.02. The number of benzene rings is 1. The van der Waals surface area contributed by atoms with Crippen LogP contribution in [0, 0.1) is 5.92 Å². The fourth-order valence-corrected chi connectivity index (χ4v) is 3.23. The predicted octanol–water partition coefficient (Wildman–Crippen LogP) is 2.72. The van der Waals surface area contributed by atoms with E-state index in [4.69, 9.17) is 0 Å². The topological polar surface area (TPSA) is 67.2 Å². The van der Waals surface area contributed by atoms with Crippen LogP contribution in [0.25, 0.3) is 5.69 Å². The van der Waals surface area contributed by atoms with E-state index in [1.807, 2.05) is 18.2 Å². The Bertz CT molecular complexity index is 782. The maximum Gasteiger partial charge on any atom is 0.271 e. The molecule has 1 heterocycles. The van der Waals surface area contributed by atoms with Gasteiger partial charge in [0.1, 0.15) is 5.69 Å². The van der Waals surface area contributed by atoms with Gasteiger partial charge in [0.05, 0.1) is 5.69 Å². The van der Waals surface area contributed by atoms with Gasteiger partial charge in [-0.3, -0.25) is 14.5 Å². The highest BCUT2D eigenvalue weighted by Gasteiger charge is 2.19. The molecule has 0 saturated heterocycles. The molecule has 0 unspecified atom stereocenters. The summed E-state index contributed by atoms with van der Waals surface area (Å²) in [5.74, 6) is 0.284. The Labute approximate surface area is 161 Å². The van der Waals surface area contributed by atoms with Crippen molar-refractivity contribution in [3.63, 3.8) is 0 Å². The van der Waals surface area contributed by atoms with Crippen molar-refractivity contribution < 1.29 is 4.79 Å². The molecule has 0 aliphatic rings. The van der Waals surface area contributed by atoms with Crippen LogP contribution < -0.4 is 10.9 Å². The number of amides is 1. The van der Waals surface area contributed by atoms with E-state index in [1.54, 1.807) is 12.1 Å². The van der Waals surface area contributed by atoms with Crippen LogP contribution in [0.2, 0.25) is 0 Å². The summed E-state index contributed by atoms with van der Waals surface area (Å²) >= 11 is 0. The summed E-state index contributed by atoms with van der Waals surface area (Å²) < 4.78 is 1.25. The van der Waals surface area contributed by atoms with Gasteiger partial charge >= 0.3 is 0 Å². The third-order valence-corrected chi connectivity index (χ3v) is 4.60. The van der Waals surface area contributed by atoms with Crippen molar-refractivity contribution in [1.82, 2.24) is 20.0 Å². The van der Waals surface area contributed by atoms with E-state index in [0.717, 1.165) is 19.5 Å². The molecule has 146 valence electrons. The zero-order valence-electron chi connectivity index (χ0n) is 16.7. The second kappa shape index (κ2) is 10.0. The average Bonchev–Trinajstić information content (AvgIpc) is 2.67. The molecule has 1 atom stereocenters. The average molecular weight is 370 g/mol. The summed E-state index contributed by atoms with van der Waals surface area (Å²) in [5.41, 5.74) is 0.609. The van der Waals surface area contributed by atoms with Crippen LogP contribution in [-0.4, -0.2) is 46.3 Å². The van der Waals surface area contributed by atoms with Gasteiger partial charge in [-0.05, 0) is 43.6 Å². The van der Waals surface area contributed by atoms with Gasteiger partial charge in [0.15, 0.2) is 0 Å². The molecule has 6 heteroatoms. The quantitative estimate of drug-likeness (QED) is 0.737. The molecule has 6 nitrogen and oxygen atoms in total. The number of carbonyl (C=O) groups is 1. The molecule has 0 aliphatic heterocycles. The molecule has 0 spiro atoms. The van der Waals surface area contributed by atoms with E-state index in [1.165, 1.54) is 16.8 Å². The minimum absolute atomic E-state index is 0.237. The van der Waals surface area contributed by atoms with Gasteiger partial charge in [-0.2, -0.15) is 9.78 Å². The number of nitrogens with one attached hydrogen (secondary N) is 1. The minimum atomic E-state index is -0.265. The summed E-state index contributed by atoms with van der Waals surface area (Å²) in [5, 5.41) is 7.24. The monoisotopic (exact) mass is 370 g/mol. The summed E-state index contributed by atoms with van der Waals surface area (Å²) in [4.78, 5) is 27.1. The smallest absolute Gasteiger partial charge is 0.271 e. The number of aromatic nitrogens is 2. The van der Waals surface area contributed by atoms with Crippen LogP contribution >= 0.6 is 0 Å². The van der Waals surface area contributed by atoms with Crippen molar-refractivity contribution in [3.05, 3.63) is 58.5 Å². The lowest BCUT2D eigenvalue weighted by atomic mass is 10.0. The van der Waals surface area contributed by atoms with Gasteiger partial charge in [-0.15, -0.1) is 0 Å². The van der Waals surface area contributed by atoms with E-state index in [2.05, 4.69) is 43.0 Å². The summed E-state index contributed by atoms with van der Waals surface area (Å²) in [7, 11) is 0. The van der Waals surface area contributed by atoms with E-state index >= 15 is 0 Å². The molecule has 1 aromatic carbocycles. The second-order valence-electron chi connectivity index (χ2n) is 7.02. The van der Waals surface area contributed by atoms with E-state index in [9.17, 15) is 9.59 Å². The zero-order valence-corrected chi connectivity index (χ0v) is 16.7. The fourth-order valence-electron chi connectivity index (χ4n) is 3.23. The van der Waals surface area contributed by atoms with Crippen molar-refractivity contribution in [3.8, 4) is 5.69 Å². The van der Waals surface area contributed by atoms with Crippen LogP contribution in [-0.2, 0) is 0 Å². The van der Waals surface area contributed by atoms with Crippen molar-refractivity contribution in [2.45, 2.75) is 40.2 Å². The Morgan fingerprint density at radius 3 is 2.37 bits per heavy atom. The van der Waals surface area contributed by atoms with Gasteiger partial charge in [0.2, 0.25) is 0 Å². The number of carbonyl (C=O) groups excluding carboxylic acids is 1. The third-order valence-electron chi connectivity index (χ3n) is 4.60. The highest BCUT2D eigenvalue weighted by Crippen LogP contribution is 2.11. The van der Waals surface area contributed by atoms with Crippen LogP contribution in [0.15, 0.2) is 47.3 Å². The van der Waals surface area contributed by atoms with Crippen LogP contribution in [0.1, 0.15) is 44.6 Å². The Hall–Kier alpha value is -2.47. The van der Waals surface area contributed by atoms with Crippen LogP contribution in [0.4, 0.5) is 0 Å². The number of hydrogen-bond donors (Lipinski definition) is 1. The normalized spacial score (nSPS) is 12.4. The summed E-state index contributed by atoms with van der Waals surface area (Å²) in [6.45, 7) is 11.1. The third kappa shape index (κ3) is 5.76. The lowest BCUT2D eigenvalue weighted by molar-refractivity contribution is 0.0922. The Morgan fingerprint density at radius 2 is 1.78 bits per heavy atom. The lowest BCUT2D eigenvalue weighted by Gasteiger charge is -2.31. The predicted molar refractivity (Wildman–Crippen MR) is 108 cm³/mol. The Kier molecular flexibility index (Phi) is 7.73. The van der Waals surface area contributed by atoms with Crippen molar-refractivity contribution in [2.75, 3.05) is 19.6 Å². The molecule has 2 aromatic rings. The molecule has 0 radical (unpaired) electrons. The number of likely N-dealkylation sites (N-methyl/N-ethyl adjacent to an activating group) is 1. The standard InChI is InChI=1S/C21H30N4O2/c1-5-24(6-2)18(14-16(3)4)15-22-21(27)19-12-13-20(26)25(23-19)17-10-8-7-9-11-17/h7-13,16,18H,5-6,14-15H2,1-4H3,(H,22,27)/t18-/m1/s1. The van der Waals surface area contributed by atoms with Crippen molar-refractivity contribution >= 4 is 5.91 Å². The number of hydrogen-bond acceptors (Lipinski definition) is 4. The summed E-state index contributed by atoms with van der Waals surface area (Å²) in [6.07, 6.45) is 1.01. The van der Waals surface area contributed by atoms with Crippen LogP contribution in [0.3, 0.4) is 0 Å². The van der Waals surface area contributed by atoms with Crippen molar-refractivity contribution in [1.29, 1.82) is 0 Å². The highest BCUT2D eigenvalue weighted by atomic mass is 16.2. The van der Waals surface area contributed by atoms with Gasteiger partial charge in [0, 0.05) is 18.7 Å². The van der Waals surface area contributed by atoms with E-state index in [0.29, 0.717) is 18.2 Å². The first-order valence-electron chi connectivity index (χ1n) is 9.64. The number of para-hydroxylation sites is 1. The number of rotatable bonds is 9. The molecular formula is C21H30N4O2. The first-order chi connectivity index (χ1) is 13.0. The molecule has 0 fully saturated rings. The zero-order chi connectivity index (χ0) is 19.8. The molecule has 1 amide bonds. The molecule has 0 bridgehead atoms. The SMILES string of the molecule is CCN(CC)[C@@H](CNC(=O)c1ccc(=O)n(-c2ccccc2)n1)CC(C)C. The van der Waals surface area contributed by atoms with Gasteiger partial charge < -0.3 is 5.32 Å². The largest absolute Gasteiger partial charge is 0.349 e. The highest BCUT2D eigenvalue weighted by molar-refractivity contribution is 5.92. The Balaban J connectivity index is 2.14. The summed E-state index contributed by atoms with van der Waals surface area (Å²) in [6, 6.07) is 12.2. The molecule has 0 saturated carbocycles. The molecular weight excluding hydrogens is 340 g/mol. The molecule has 1 aromatic heterocycles. The molecule has 1 N–H and O–H groups in total. The van der Waals surface area contributed by atoms with Crippen LogP contribution in [0.5, 0.6) is 0 Å². The van der Waals surface area contributed by atoms with Gasteiger partial charge in [-0.25, -0.2) is 0 Å². The first kappa shape index (κ1) is 20.8. The lowest BCUT2D eigenvalue weighted by Crippen LogP contribution is -2.44. The Morgan fingerprint density at radius 1 is 1.11 bits per heavy atom. The van der Waals surface area contributed by atoms with E-state index in [-0.39, 0.29) is 23.2 Å². The van der Waals surface area contributed by atoms with Crippen molar-refractivity contribution in [2.24, 2.45) is 5.92 Å². The first-order valence-corrected chi connectivity index (χ1v) is 9.64. The molecule has 0 aliphatic carbocycles. The van der Waals surface area contributed by atoms with E-state index < -0.39 is 0 Å². The minimum Gasteiger partial charge on any atom is -0.349 e. The van der Waals surface area contributed by atoms with Gasteiger partial charge in [0.25, 0.3) is 11.5 Å². The molecule has 27 heavy (non-hydrogen) atoms. The fraction of sp³-hybridized carbons (Fsp3) is 0.476. The van der Waals surface area contributed by atoms with Gasteiger partial charge in [-0.1, -0.05) is 45.9 Å². The number of nitrogens with zero attached hydrogens (tertiary/aromatic N) is 3. The maximum atomic E-state index is 12.6.